The number of aryl methyl sites for hydroxylation is 1. The number of carbonyl (C=O) groups is 1. The fourth-order valence-corrected chi connectivity index (χ4v) is 4.80. The molecule has 0 unspecified atom stereocenters. The van der Waals surface area contributed by atoms with Crippen molar-refractivity contribution in [2.24, 2.45) is 0 Å². The Kier molecular flexibility index (Phi) is 8.31. The molecule has 0 fully saturated rings. The summed E-state index contributed by atoms with van der Waals surface area (Å²) in [6, 6.07) is 20.6. The Balaban J connectivity index is 1.85. The van der Waals surface area contributed by atoms with Crippen LogP contribution >= 0.6 is 22.6 Å². The summed E-state index contributed by atoms with van der Waals surface area (Å²) in [5.74, 6) is -0.355. The molecule has 3 aromatic rings. The van der Waals surface area contributed by atoms with Gasteiger partial charge in [0.2, 0.25) is 0 Å². The first-order chi connectivity index (χ1) is 16.2. The minimum absolute atomic E-state index is 0.0155. The van der Waals surface area contributed by atoms with Gasteiger partial charge in [0.1, 0.15) is 16.5 Å². The molecule has 0 aliphatic rings. The van der Waals surface area contributed by atoms with Gasteiger partial charge in [-0.05, 0) is 71.0 Å². The molecule has 0 bridgehead atoms. The molecule has 0 radical (unpaired) electrons. The number of benzene rings is 3. The second-order valence-electron chi connectivity index (χ2n) is 7.22. The average Bonchev–Trinajstić information content (AvgIpc) is 2.83. The van der Waals surface area contributed by atoms with Crippen LogP contribution in [0.3, 0.4) is 0 Å². The summed E-state index contributed by atoms with van der Waals surface area (Å²) in [5, 5.41) is 12.2. The Morgan fingerprint density at radius 1 is 1.12 bits per heavy atom. The smallest absolute Gasteiger partial charge is 0.339 e. The van der Waals surface area contributed by atoms with E-state index < -0.39 is 16.0 Å². The monoisotopic (exact) mass is 588 g/mol. The fourth-order valence-electron chi connectivity index (χ4n) is 2.96. The van der Waals surface area contributed by atoms with Gasteiger partial charge >= 0.3 is 10.1 Å². The molecule has 0 atom stereocenters. The first kappa shape index (κ1) is 25.3. The summed E-state index contributed by atoms with van der Waals surface area (Å²) in [6.07, 6.45) is 1.41. The molecule has 0 aliphatic heterocycles. The lowest BCUT2D eigenvalue weighted by Crippen LogP contribution is -2.23. The summed E-state index contributed by atoms with van der Waals surface area (Å²) in [7, 11) is -2.71. The highest BCUT2D eigenvalue weighted by Crippen LogP contribution is 2.36. The number of ether oxygens (including phenoxy) is 1. The Hall–Kier alpha value is -3.36. The van der Waals surface area contributed by atoms with E-state index in [1.54, 1.807) is 18.2 Å². The molecule has 0 aliphatic carbocycles. The zero-order chi connectivity index (χ0) is 24.7. The number of carbonyl (C=O) groups excluding carboxylic acids is 1. The van der Waals surface area contributed by atoms with Crippen molar-refractivity contribution in [2.75, 3.05) is 7.11 Å². The molecule has 34 heavy (non-hydrogen) atoms. The predicted octanol–water partition coefficient (Wildman–Crippen LogP) is 4.60. The number of nitrogens with zero attached hydrogens (tertiary/aromatic N) is 1. The van der Waals surface area contributed by atoms with Crippen LogP contribution in [-0.4, -0.2) is 21.4 Å². The van der Waals surface area contributed by atoms with E-state index in [4.69, 9.17) is 8.92 Å². The summed E-state index contributed by atoms with van der Waals surface area (Å²) in [4.78, 5) is 12.5. The number of amides is 1. The number of nitrogens with one attached hydrogen (secondary N) is 1. The minimum atomic E-state index is -4.09. The van der Waals surface area contributed by atoms with Crippen molar-refractivity contribution in [3.05, 3.63) is 92.6 Å². The van der Waals surface area contributed by atoms with Crippen LogP contribution in [0.25, 0.3) is 6.08 Å². The molecular weight excluding hydrogens is 567 g/mol. The molecule has 174 valence electrons. The van der Waals surface area contributed by atoms with Crippen LogP contribution in [0.4, 0.5) is 0 Å². The lowest BCUT2D eigenvalue weighted by atomic mass is 10.1. The van der Waals surface area contributed by atoms with Gasteiger partial charge in [-0.15, -0.1) is 0 Å². The molecule has 0 heterocycles. The second-order valence-corrected chi connectivity index (χ2v) is 9.93. The van der Waals surface area contributed by atoms with Gasteiger partial charge in [0.15, 0.2) is 11.5 Å². The number of rotatable bonds is 8. The van der Waals surface area contributed by atoms with Crippen LogP contribution in [-0.2, 0) is 21.5 Å². The van der Waals surface area contributed by atoms with E-state index in [0.29, 0.717) is 9.13 Å². The van der Waals surface area contributed by atoms with Gasteiger partial charge in [-0.3, -0.25) is 4.79 Å². The quantitative estimate of drug-likeness (QED) is 0.179. The normalized spacial score (nSPS) is 11.4. The summed E-state index contributed by atoms with van der Waals surface area (Å²) in [6.45, 7) is 2.14. The van der Waals surface area contributed by atoms with E-state index in [-0.39, 0.29) is 28.5 Å². The number of hydrogen-bond donors (Lipinski definition) is 1. The highest BCUT2D eigenvalue weighted by Gasteiger charge is 2.22. The Morgan fingerprint density at radius 2 is 1.79 bits per heavy atom. The number of nitriles is 1. The molecule has 3 rings (SSSR count). The van der Waals surface area contributed by atoms with Gasteiger partial charge in [-0.2, -0.15) is 13.7 Å². The van der Waals surface area contributed by atoms with Gasteiger partial charge < -0.3 is 14.2 Å². The van der Waals surface area contributed by atoms with Crippen molar-refractivity contribution in [3.63, 3.8) is 0 Å². The standard InChI is InChI=1S/C25H21IN2O5S/c1-17-8-10-21(11-9-17)34(30,31)33-24-22(26)13-19(14-23(24)32-2)12-20(15-27)25(29)28-16-18-6-4-3-5-7-18/h3-14H,16H2,1-2H3,(H,28,29)/b20-12+. The van der Waals surface area contributed by atoms with E-state index in [2.05, 4.69) is 5.32 Å². The van der Waals surface area contributed by atoms with Crippen molar-refractivity contribution in [3.8, 4) is 17.6 Å². The highest BCUT2D eigenvalue weighted by atomic mass is 127. The zero-order valence-corrected chi connectivity index (χ0v) is 21.4. The van der Waals surface area contributed by atoms with Crippen LogP contribution in [0.15, 0.2) is 77.2 Å². The van der Waals surface area contributed by atoms with Gasteiger partial charge in [0.05, 0.1) is 10.7 Å². The second kappa shape index (κ2) is 11.2. The van der Waals surface area contributed by atoms with Gasteiger partial charge in [0.25, 0.3) is 5.91 Å². The molecule has 0 saturated heterocycles. The van der Waals surface area contributed by atoms with Crippen LogP contribution in [0.2, 0.25) is 0 Å². The molecule has 0 aromatic heterocycles. The van der Waals surface area contributed by atoms with Crippen LogP contribution in [0.5, 0.6) is 11.5 Å². The van der Waals surface area contributed by atoms with E-state index >= 15 is 0 Å². The van der Waals surface area contributed by atoms with Crippen molar-refractivity contribution < 1.29 is 22.1 Å². The first-order valence-electron chi connectivity index (χ1n) is 10.1. The van der Waals surface area contributed by atoms with Crippen molar-refractivity contribution in [1.29, 1.82) is 5.26 Å². The zero-order valence-electron chi connectivity index (χ0n) is 18.4. The third kappa shape index (κ3) is 6.36. The third-order valence-electron chi connectivity index (χ3n) is 4.73. The highest BCUT2D eigenvalue weighted by molar-refractivity contribution is 14.1. The van der Waals surface area contributed by atoms with Crippen LogP contribution in [0.1, 0.15) is 16.7 Å². The van der Waals surface area contributed by atoms with Gasteiger partial charge in [-0.1, -0.05) is 48.0 Å². The summed E-state index contributed by atoms with van der Waals surface area (Å²) < 4.78 is 36.6. The molecule has 7 nitrogen and oxygen atoms in total. The minimum Gasteiger partial charge on any atom is -0.493 e. The molecule has 9 heteroatoms. The Labute approximate surface area is 212 Å². The lowest BCUT2D eigenvalue weighted by molar-refractivity contribution is -0.117. The Morgan fingerprint density at radius 3 is 2.41 bits per heavy atom. The molecule has 1 N–H and O–H groups in total. The maximum Gasteiger partial charge on any atom is 0.339 e. The van der Waals surface area contributed by atoms with E-state index in [1.807, 2.05) is 65.9 Å². The van der Waals surface area contributed by atoms with Crippen LogP contribution in [0, 0.1) is 21.8 Å². The van der Waals surface area contributed by atoms with Gasteiger partial charge in [0, 0.05) is 6.54 Å². The van der Waals surface area contributed by atoms with Gasteiger partial charge in [-0.25, -0.2) is 0 Å². The number of hydrogen-bond acceptors (Lipinski definition) is 6. The lowest BCUT2D eigenvalue weighted by Gasteiger charge is -2.14. The maximum absolute atomic E-state index is 12.7. The average molecular weight is 588 g/mol. The largest absolute Gasteiger partial charge is 0.493 e. The maximum atomic E-state index is 12.7. The van der Waals surface area contributed by atoms with E-state index in [9.17, 15) is 18.5 Å². The molecule has 3 aromatic carbocycles. The molecular formula is C25H21IN2O5S. The van der Waals surface area contributed by atoms with Crippen molar-refractivity contribution >= 4 is 44.7 Å². The molecule has 0 spiro atoms. The number of methoxy groups -OCH3 is 1. The first-order valence-corrected chi connectivity index (χ1v) is 12.5. The summed E-state index contributed by atoms with van der Waals surface area (Å²) >= 11 is 1.92. The van der Waals surface area contributed by atoms with E-state index in [0.717, 1.165) is 11.1 Å². The van der Waals surface area contributed by atoms with Crippen LogP contribution < -0.4 is 14.2 Å². The Bertz CT molecular complexity index is 1360. The van der Waals surface area contributed by atoms with Crippen molar-refractivity contribution in [2.45, 2.75) is 18.4 Å². The number of halogens is 1. The third-order valence-corrected chi connectivity index (χ3v) is 6.76. The fraction of sp³-hybridized carbons (Fsp3) is 0.120. The predicted molar refractivity (Wildman–Crippen MR) is 137 cm³/mol. The topological polar surface area (TPSA) is 105 Å². The molecule has 1 amide bonds. The van der Waals surface area contributed by atoms with Crippen molar-refractivity contribution in [1.82, 2.24) is 5.32 Å². The van der Waals surface area contributed by atoms with E-state index in [1.165, 1.54) is 31.4 Å². The molecule has 0 saturated carbocycles. The summed E-state index contributed by atoms with van der Waals surface area (Å²) in [5.41, 5.74) is 2.20. The SMILES string of the molecule is COc1cc(/C=C(\C#N)C(=O)NCc2ccccc2)cc(I)c1OS(=O)(=O)c1ccc(C)cc1.